The van der Waals surface area contributed by atoms with Crippen LogP contribution in [0, 0.1) is 0 Å². The van der Waals surface area contributed by atoms with E-state index in [9.17, 15) is 27.6 Å². The van der Waals surface area contributed by atoms with Crippen LogP contribution in [0.5, 0.6) is 11.5 Å². The number of hydrogen-bond acceptors (Lipinski definition) is 6. The van der Waals surface area contributed by atoms with Gasteiger partial charge in [0.2, 0.25) is 0 Å². The molecule has 202 valence electrons. The van der Waals surface area contributed by atoms with Crippen LogP contribution in [0.1, 0.15) is 62.9 Å². The Hall–Kier alpha value is -3.76. The highest BCUT2D eigenvalue weighted by molar-refractivity contribution is 5.95. The molecular formula is C26H31F3N2O6. The molecule has 0 saturated carbocycles. The third-order valence-electron chi connectivity index (χ3n) is 5.13. The van der Waals surface area contributed by atoms with Crippen molar-refractivity contribution >= 4 is 17.8 Å². The molecule has 0 saturated heterocycles. The summed E-state index contributed by atoms with van der Waals surface area (Å²) in [6.07, 6.45) is -3.66. The maximum absolute atomic E-state index is 12.7. The highest BCUT2D eigenvalue weighted by Crippen LogP contribution is 2.29. The summed E-state index contributed by atoms with van der Waals surface area (Å²) in [5.74, 6) is -1.17. The lowest BCUT2D eigenvalue weighted by atomic mass is 10.1. The van der Waals surface area contributed by atoms with Crippen molar-refractivity contribution in [2.45, 2.75) is 64.8 Å². The van der Waals surface area contributed by atoms with Gasteiger partial charge in [-0.25, -0.2) is 4.79 Å². The van der Waals surface area contributed by atoms with Crippen LogP contribution < -0.4 is 20.3 Å². The van der Waals surface area contributed by atoms with Crippen LogP contribution in [0.25, 0.3) is 0 Å². The Morgan fingerprint density at radius 3 is 2.03 bits per heavy atom. The van der Waals surface area contributed by atoms with Gasteiger partial charge in [-0.3, -0.25) is 20.4 Å². The zero-order valence-corrected chi connectivity index (χ0v) is 21.1. The molecule has 0 aliphatic heterocycles. The van der Waals surface area contributed by atoms with E-state index in [1.807, 2.05) is 6.92 Å². The van der Waals surface area contributed by atoms with Gasteiger partial charge in [0, 0.05) is 5.56 Å². The summed E-state index contributed by atoms with van der Waals surface area (Å²) in [7, 11) is 0. The number of hydrogen-bond donors (Lipinski definition) is 2. The van der Waals surface area contributed by atoms with E-state index in [1.165, 1.54) is 0 Å². The Balaban J connectivity index is 2.00. The molecule has 0 aliphatic rings. The molecule has 2 aromatic rings. The summed E-state index contributed by atoms with van der Waals surface area (Å²) in [6.45, 7) is 7.04. The van der Waals surface area contributed by atoms with Gasteiger partial charge in [0.05, 0.1) is 12.2 Å². The zero-order valence-electron chi connectivity index (χ0n) is 21.1. The van der Waals surface area contributed by atoms with E-state index in [-0.39, 0.29) is 12.2 Å². The molecule has 0 spiro atoms. The smallest absolute Gasteiger partial charge is 0.416 e. The van der Waals surface area contributed by atoms with Gasteiger partial charge in [0.25, 0.3) is 11.8 Å². The maximum Gasteiger partial charge on any atom is 0.416 e. The lowest BCUT2D eigenvalue weighted by Crippen LogP contribution is -2.48. The van der Waals surface area contributed by atoms with Crippen LogP contribution >= 0.6 is 0 Å². The molecule has 1 unspecified atom stereocenters. The van der Waals surface area contributed by atoms with E-state index in [2.05, 4.69) is 10.9 Å². The van der Waals surface area contributed by atoms with Gasteiger partial charge in [-0.15, -0.1) is 0 Å². The number of carbonyl (C=O) groups excluding carboxylic acids is 3. The third-order valence-corrected chi connectivity index (χ3v) is 5.13. The Morgan fingerprint density at radius 2 is 1.49 bits per heavy atom. The fourth-order valence-electron chi connectivity index (χ4n) is 3.11. The predicted molar refractivity (Wildman–Crippen MR) is 129 cm³/mol. The molecule has 0 radical (unpaired) electrons. The van der Waals surface area contributed by atoms with E-state index < -0.39 is 41.2 Å². The van der Waals surface area contributed by atoms with E-state index in [0.717, 1.165) is 30.7 Å². The quantitative estimate of drug-likeness (QED) is 0.323. The average Bonchev–Trinajstić information content (AvgIpc) is 2.85. The largest absolute Gasteiger partial charge is 0.481 e. The van der Waals surface area contributed by atoms with Crippen molar-refractivity contribution in [3.05, 3.63) is 59.7 Å². The molecule has 2 amide bonds. The SMILES string of the molecule is CCCCC(Oc1ccc(OC(C)(C)C(=O)OCC)cc1)C(=O)NNC(=O)c1ccc(C(F)(F)F)cc1. The Morgan fingerprint density at radius 1 is 0.892 bits per heavy atom. The number of amides is 2. The molecule has 37 heavy (non-hydrogen) atoms. The normalized spacial score (nSPS) is 12.3. The number of alkyl halides is 3. The Kier molecular flexibility index (Phi) is 10.3. The number of rotatable bonds is 11. The van der Waals surface area contributed by atoms with Crippen molar-refractivity contribution in [2.24, 2.45) is 0 Å². The fraction of sp³-hybridized carbons (Fsp3) is 0.423. The number of nitrogens with one attached hydrogen (secondary N) is 2. The van der Waals surface area contributed by atoms with Gasteiger partial charge in [-0.1, -0.05) is 13.3 Å². The van der Waals surface area contributed by atoms with Crippen LogP contribution in [0.15, 0.2) is 48.5 Å². The van der Waals surface area contributed by atoms with Gasteiger partial charge >= 0.3 is 12.1 Å². The van der Waals surface area contributed by atoms with Crippen molar-refractivity contribution in [3.8, 4) is 11.5 Å². The van der Waals surface area contributed by atoms with Gasteiger partial charge in [0.15, 0.2) is 11.7 Å². The molecule has 0 fully saturated rings. The molecule has 2 rings (SSSR count). The summed E-state index contributed by atoms with van der Waals surface area (Å²) in [5.41, 5.74) is 2.31. The third kappa shape index (κ3) is 9.00. The van der Waals surface area contributed by atoms with Gasteiger partial charge in [0.1, 0.15) is 11.5 Å². The number of carbonyl (C=O) groups is 3. The minimum Gasteiger partial charge on any atom is -0.481 e. The number of hydrazine groups is 1. The topological polar surface area (TPSA) is 103 Å². The van der Waals surface area contributed by atoms with E-state index in [0.29, 0.717) is 24.3 Å². The highest BCUT2D eigenvalue weighted by atomic mass is 19.4. The standard InChI is InChI=1S/C26H31F3N2O6/c1-5-7-8-21(23(33)31-30-22(32)17-9-11-18(12-10-17)26(27,28)29)36-19-13-15-20(16-14-19)37-25(3,4)24(34)35-6-2/h9-16,21H,5-8H2,1-4H3,(H,30,32)(H,31,33). The van der Waals surface area contributed by atoms with Crippen molar-refractivity contribution in [3.63, 3.8) is 0 Å². The number of esters is 1. The molecule has 0 heterocycles. The summed E-state index contributed by atoms with van der Waals surface area (Å²) in [4.78, 5) is 37.0. The molecular weight excluding hydrogens is 493 g/mol. The summed E-state index contributed by atoms with van der Waals surface area (Å²) in [6, 6.07) is 9.91. The van der Waals surface area contributed by atoms with E-state index >= 15 is 0 Å². The second kappa shape index (κ2) is 13.0. The van der Waals surface area contributed by atoms with Crippen molar-refractivity contribution in [1.29, 1.82) is 0 Å². The first-order valence-electron chi connectivity index (χ1n) is 11.8. The van der Waals surface area contributed by atoms with E-state index in [1.54, 1.807) is 45.0 Å². The van der Waals surface area contributed by atoms with Gasteiger partial charge in [-0.05, 0) is 82.1 Å². The minimum absolute atomic E-state index is 0.0549. The lowest BCUT2D eigenvalue weighted by molar-refractivity contribution is -0.158. The Labute approximate surface area is 213 Å². The monoisotopic (exact) mass is 524 g/mol. The van der Waals surface area contributed by atoms with Crippen molar-refractivity contribution in [1.82, 2.24) is 10.9 Å². The molecule has 8 nitrogen and oxygen atoms in total. The first-order valence-corrected chi connectivity index (χ1v) is 11.8. The average molecular weight is 525 g/mol. The van der Waals surface area contributed by atoms with Crippen molar-refractivity contribution in [2.75, 3.05) is 6.61 Å². The van der Waals surface area contributed by atoms with Gasteiger partial charge in [-0.2, -0.15) is 13.2 Å². The Bertz CT molecular complexity index is 1050. The van der Waals surface area contributed by atoms with Crippen molar-refractivity contribution < 1.29 is 41.8 Å². The van der Waals surface area contributed by atoms with Gasteiger partial charge < -0.3 is 14.2 Å². The lowest BCUT2D eigenvalue weighted by Gasteiger charge is -2.24. The predicted octanol–water partition coefficient (Wildman–Crippen LogP) is 4.82. The summed E-state index contributed by atoms with van der Waals surface area (Å²) in [5, 5.41) is 0. The number of ether oxygens (including phenoxy) is 3. The number of unbranched alkanes of at least 4 members (excludes halogenated alkanes) is 1. The second-order valence-electron chi connectivity index (χ2n) is 8.57. The molecule has 0 bridgehead atoms. The first kappa shape index (κ1) is 29.5. The second-order valence-corrected chi connectivity index (χ2v) is 8.57. The molecule has 2 N–H and O–H groups in total. The van der Waals surface area contributed by atoms with Crippen LogP contribution in [0.2, 0.25) is 0 Å². The van der Waals surface area contributed by atoms with Crippen LogP contribution in [0.3, 0.4) is 0 Å². The molecule has 2 aromatic carbocycles. The van der Waals surface area contributed by atoms with Crippen LogP contribution in [-0.2, 0) is 20.5 Å². The van der Waals surface area contributed by atoms with E-state index in [4.69, 9.17) is 14.2 Å². The minimum atomic E-state index is -4.52. The number of halogens is 3. The molecule has 0 aliphatic carbocycles. The molecule has 1 atom stereocenters. The number of benzene rings is 2. The molecule has 0 aromatic heterocycles. The fourth-order valence-corrected chi connectivity index (χ4v) is 3.11. The zero-order chi connectivity index (χ0) is 27.6. The first-order chi connectivity index (χ1) is 17.4. The molecule has 11 heteroatoms. The summed E-state index contributed by atoms with van der Waals surface area (Å²) < 4.78 is 54.6. The van der Waals surface area contributed by atoms with Crippen LogP contribution in [0.4, 0.5) is 13.2 Å². The summed E-state index contributed by atoms with van der Waals surface area (Å²) >= 11 is 0. The highest BCUT2D eigenvalue weighted by Gasteiger charge is 2.32. The maximum atomic E-state index is 12.7. The van der Waals surface area contributed by atoms with Crippen LogP contribution in [-0.4, -0.2) is 36.1 Å².